The topological polar surface area (TPSA) is 61.8 Å². The molecule has 0 aromatic carbocycles. The Kier molecular flexibility index (Phi) is 9.98. The highest BCUT2D eigenvalue weighted by atomic mass is 16.5. The maximum absolute atomic E-state index is 5.45. The molecule has 2 N–H and O–H groups in total. The number of pyridine rings is 1. The van der Waals surface area contributed by atoms with E-state index in [0.717, 1.165) is 50.5 Å². The molecule has 152 valence electrons. The molecule has 2 rings (SSSR count). The minimum Gasteiger partial charge on any atom is -0.378 e. The van der Waals surface area contributed by atoms with E-state index >= 15 is 0 Å². The summed E-state index contributed by atoms with van der Waals surface area (Å²) in [5.41, 5.74) is 1.19. The Labute approximate surface area is 164 Å². The van der Waals surface area contributed by atoms with Crippen molar-refractivity contribution in [2.45, 2.75) is 52.5 Å². The van der Waals surface area contributed by atoms with Crippen LogP contribution >= 0.6 is 0 Å². The van der Waals surface area contributed by atoms with Crippen LogP contribution in [0.1, 0.15) is 51.5 Å². The third-order valence-electron chi connectivity index (χ3n) is 4.85. The highest BCUT2D eigenvalue weighted by molar-refractivity contribution is 5.79. The Hall–Kier alpha value is -1.82. The van der Waals surface area contributed by atoms with Gasteiger partial charge in [-0.3, -0.25) is 4.99 Å². The molecule has 1 aromatic rings. The monoisotopic (exact) mass is 375 g/mol. The first-order valence-electron chi connectivity index (χ1n) is 10.4. The number of guanidine groups is 1. The molecular weight excluding hydrogens is 338 g/mol. The number of nitrogens with one attached hydrogen (secondary N) is 2. The van der Waals surface area contributed by atoms with Gasteiger partial charge in [-0.25, -0.2) is 4.98 Å². The lowest BCUT2D eigenvalue weighted by molar-refractivity contribution is 0.122. The van der Waals surface area contributed by atoms with E-state index in [0.29, 0.717) is 6.54 Å². The molecule has 0 bridgehead atoms. The Balaban J connectivity index is 1.71. The SMILES string of the molecule is CN=C(NCCCCCCC(C)C)NCc1cccnc1N1CCOCC1. The van der Waals surface area contributed by atoms with Gasteiger partial charge in [0.15, 0.2) is 5.96 Å². The molecule has 0 saturated carbocycles. The summed E-state index contributed by atoms with van der Waals surface area (Å²) >= 11 is 0. The lowest BCUT2D eigenvalue weighted by Crippen LogP contribution is -2.39. The largest absolute Gasteiger partial charge is 0.378 e. The minimum absolute atomic E-state index is 0.717. The lowest BCUT2D eigenvalue weighted by atomic mass is 10.0. The maximum Gasteiger partial charge on any atom is 0.191 e. The lowest BCUT2D eigenvalue weighted by Gasteiger charge is -2.29. The molecule has 1 aliphatic heterocycles. The van der Waals surface area contributed by atoms with Crippen LogP contribution in [0.3, 0.4) is 0 Å². The van der Waals surface area contributed by atoms with Crippen molar-refractivity contribution < 1.29 is 4.74 Å². The molecule has 6 heteroatoms. The van der Waals surface area contributed by atoms with Crippen molar-refractivity contribution in [1.82, 2.24) is 15.6 Å². The highest BCUT2D eigenvalue weighted by Crippen LogP contribution is 2.18. The van der Waals surface area contributed by atoms with Gasteiger partial charge in [-0.2, -0.15) is 0 Å². The Bertz CT molecular complexity index is 555. The fourth-order valence-electron chi connectivity index (χ4n) is 3.27. The molecule has 0 radical (unpaired) electrons. The predicted octanol–water partition coefficient (Wildman–Crippen LogP) is 3.19. The Morgan fingerprint density at radius 1 is 1.19 bits per heavy atom. The van der Waals surface area contributed by atoms with Gasteiger partial charge in [-0.05, 0) is 18.4 Å². The Morgan fingerprint density at radius 2 is 1.96 bits per heavy atom. The number of rotatable bonds is 10. The van der Waals surface area contributed by atoms with Crippen molar-refractivity contribution >= 4 is 11.8 Å². The van der Waals surface area contributed by atoms with Crippen LogP contribution in [0.4, 0.5) is 5.82 Å². The average molecular weight is 376 g/mol. The summed E-state index contributed by atoms with van der Waals surface area (Å²) in [6.07, 6.45) is 8.33. The molecule has 0 atom stereocenters. The van der Waals surface area contributed by atoms with Gasteiger partial charge in [0.05, 0.1) is 13.2 Å². The quantitative estimate of drug-likeness (QED) is 0.374. The van der Waals surface area contributed by atoms with Crippen LogP contribution in [0.5, 0.6) is 0 Å². The number of anilines is 1. The second kappa shape index (κ2) is 12.5. The Morgan fingerprint density at radius 3 is 2.70 bits per heavy atom. The predicted molar refractivity (Wildman–Crippen MR) is 113 cm³/mol. The summed E-state index contributed by atoms with van der Waals surface area (Å²) in [5.74, 6) is 2.73. The van der Waals surface area contributed by atoms with Gasteiger partial charge in [0.25, 0.3) is 0 Å². The fraction of sp³-hybridized carbons (Fsp3) is 0.714. The summed E-state index contributed by atoms with van der Waals surface area (Å²) in [6.45, 7) is 9.60. The van der Waals surface area contributed by atoms with Gasteiger partial charge >= 0.3 is 0 Å². The number of hydrogen-bond acceptors (Lipinski definition) is 4. The molecule has 6 nitrogen and oxygen atoms in total. The molecule has 27 heavy (non-hydrogen) atoms. The summed E-state index contributed by atoms with van der Waals surface area (Å²) in [6, 6.07) is 4.13. The van der Waals surface area contributed by atoms with E-state index in [4.69, 9.17) is 4.74 Å². The molecule has 1 fully saturated rings. The number of morpholine rings is 1. The zero-order chi connectivity index (χ0) is 19.3. The summed E-state index contributed by atoms with van der Waals surface area (Å²) in [5, 5.41) is 6.85. The van der Waals surface area contributed by atoms with Crippen molar-refractivity contribution in [2.75, 3.05) is 44.8 Å². The van der Waals surface area contributed by atoms with Crippen LogP contribution < -0.4 is 15.5 Å². The molecule has 1 aromatic heterocycles. The number of ether oxygens (including phenoxy) is 1. The number of aliphatic imine (C=N–C) groups is 1. The van der Waals surface area contributed by atoms with Crippen LogP contribution in [0, 0.1) is 5.92 Å². The van der Waals surface area contributed by atoms with Crippen LogP contribution in [0.25, 0.3) is 0 Å². The summed E-state index contributed by atoms with van der Waals surface area (Å²) in [7, 11) is 1.82. The van der Waals surface area contributed by atoms with Crippen molar-refractivity contribution in [3.05, 3.63) is 23.9 Å². The van der Waals surface area contributed by atoms with Gasteiger partial charge in [0.2, 0.25) is 0 Å². The van der Waals surface area contributed by atoms with Gasteiger partial charge in [-0.1, -0.05) is 45.6 Å². The summed E-state index contributed by atoms with van der Waals surface area (Å²) < 4.78 is 5.45. The molecule has 0 unspecified atom stereocenters. The summed E-state index contributed by atoms with van der Waals surface area (Å²) in [4.78, 5) is 11.2. The number of aromatic nitrogens is 1. The molecule has 0 amide bonds. The minimum atomic E-state index is 0.717. The second-order valence-corrected chi connectivity index (χ2v) is 7.53. The van der Waals surface area contributed by atoms with Crippen LogP contribution in [0.15, 0.2) is 23.3 Å². The van der Waals surface area contributed by atoms with E-state index in [1.54, 1.807) is 0 Å². The molecule has 0 spiro atoms. The van der Waals surface area contributed by atoms with Crippen LogP contribution in [-0.4, -0.2) is 50.8 Å². The fourth-order valence-corrected chi connectivity index (χ4v) is 3.27. The maximum atomic E-state index is 5.45. The normalized spacial score (nSPS) is 15.3. The van der Waals surface area contributed by atoms with Crippen molar-refractivity contribution in [1.29, 1.82) is 0 Å². The molecule has 0 aliphatic carbocycles. The van der Waals surface area contributed by atoms with Crippen LogP contribution in [0.2, 0.25) is 0 Å². The second-order valence-electron chi connectivity index (χ2n) is 7.53. The number of nitrogens with zero attached hydrogens (tertiary/aromatic N) is 3. The van der Waals surface area contributed by atoms with E-state index in [9.17, 15) is 0 Å². The van der Waals surface area contributed by atoms with E-state index in [1.165, 1.54) is 37.7 Å². The molecular formula is C21H37N5O. The van der Waals surface area contributed by atoms with Gasteiger partial charge in [-0.15, -0.1) is 0 Å². The van der Waals surface area contributed by atoms with Gasteiger partial charge < -0.3 is 20.3 Å². The molecule has 1 aliphatic rings. The van der Waals surface area contributed by atoms with E-state index in [2.05, 4.69) is 45.4 Å². The number of unbranched alkanes of at least 4 members (excludes halogenated alkanes) is 3. The van der Waals surface area contributed by atoms with E-state index < -0.39 is 0 Å². The third-order valence-corrected chi connectivity index (χ3v) is 4.85. The van der Waals surface area contributed by atoms with Gasteiger partial charge in [0.1, 0.15) is 5.82 Å². The van der Waals surface area contributed by atoms with Crippen LogP contribution in [-0.2, 0) is 11.3 Å². The first kappa shape index (κ1) is 21.5. The van der Waals surface area contributed by atoms with Crippen molar-refractivity contribution in [3.8, 4) is 0 Å². The van der Waals surface area contributed by atoms with Crippen molar-refractivity contribution in [2.24, 2.45) is 10.9 Å². The van der Waals surface area contributed by atoms with Crippen molar-refractivity contribution in [3.63, 3.8) is 0 Å². The number of hydrogen-bond donors (Lipinski definition) is 2. The standard InChI is InChI=1S/C21H37N5O/c1-18(2)9-6-4-5-7-11-24-21(22-3)25-17-19-10-8-12-23-20(19)26-13-15-27-16-14-26/h8,10,12,18H,4-7,9,11,13-17H2,1-3H3,(H2,22,24,25). The zero-order valence-corrected chi connectivity index (χ0v) is 17.3. The average Bonchev–Trinajstić information content (AvgIpc) is 2.70. The molecule has 1 saturated heterocycles. The highest BCUT2D eigenvalue weighted by Gasteiger charge is 2.15. The van der Waals surface area contributed by atoms with Gasteiger partial charge in [0, 0.05) is 45.0 Å². The first-order valence-corrected chi connectivity index (χ1v) is 10.4. The van der Waals surface area contributed by atoms with E-state index in [1.807, 2.05) is 19.3 Å². The first-order chi connectivity index (χ1) is 13.2. The van der Waals surface area contributed by atoms with E-state index in [-0.39, 0.29) is 0 Å². The third kappa shape index (κ3) is 8.16. The zero-order valence-electron chi connectivity index (χ0n) is 17.3. The smallest absolute Gasteiger partial charge is 0.191 e. The molecule has 2 heterocycles.